The Morgan fingerprint density at radius 1 is 1.50 bits per heavy atom. The van der Waals surface area contributed by atoms with Crippen molar-refractivity contribution >= 4 is 0 Å². The Labute approximate surface area is 60.5 Å². The zero-order valence-corrected chi connectivity index (χ0v) is 5.96. The zero-order valence-electron chi connectivity index (χ0n) is 5.96. The lowest BCUT2D eigenvalue weighted by Crippen LogP contribution is -2.18. The topological polar surface area (TPSA) is 15.3 Å². The highest BCUT2D eigenvalue weighted by atomic mass is 15.3. The molecule has 2 heteroatoms. The fourth-order valence-electron chi connectivity index (χ4n) is 1.19. The SMILES string of the molecule is CC1=CN2CNC=C2C=C1. The average Bonchev–Trinajstić information content (AvgIpc) is 2.33. The molecule has 0 aromatic rings. The van der Waals surface area contributed by atoms with Crippen molar-refractivity contribution in [1.29, 1.82) is 0 Å². The Morgan fingerprint density at radius 3 is 3.30 bits per heavy atom. The van der Waals surface area contributed by atoms with E-state index in [0.717, 1.165) is 6.67 Å². The number of hydrogen-bond acceptors (Lipinski definition) is 2. The summed E-state index contributed by atoms with van der Waals surface area (Å²) in [5.74, 6) is 0. The molecule has 1 N–H and O–H groups in total. The maximum atomic E-state index is 3.15. The van der Waals surface area contributed by atoms with E-state index in [9.17, 15) is 0 Å². The lowest BCUT2D eigenvalue weighted by Gasteiger charge is -2.17. The second-order valence-corrected chi connectivity index (χ2v) is 2.61. The molecule has 0 aliphatic carbocycles. The summed E-state index contributed by atoms with van der Waals surface area (Å²) >= 11 is 0. The van der Waals surface area contributed by atoms with E-state index < -0.39 is 0 Å². The number of hydrogen-bond donors (Lipinski definition) is 1. The molecule has 0 fully saturated rings. The Balaban J connectivity index is 2.32. The molecule has 0 bridgehead atoms. The third-order valence-electron chi connectivity index (χ3n) is 1.72. The minimum atomic E-state index is 0.914. The zero-order chi connectivity index (χ0) is 6.97. The van der Waals surface area contributed by atoms with Crippen molar-refractivity contribution in [3.8, 4) is 0 Å². The fourth-order valence-corrected chi connectivity index (χ4v) is 1.19. The lowest BCUT2D eigenvalue weighted by atomic mass is 10.2. The molecule has 0 unspecified atom stereocenters. The van der Waals surface area contributed by atoms with Gasteiger partial charge in [-0.05, 0) is 18.6 Å². The minimum Gasteiger partial charge on any atom is -0.372 e. The van der Waals surface area contributed by atoms with Crippen LogP contribution in [0.4, 0.5) is 0 Å². The summed E-state index contributed by atoms with van der Waals surface area (Å²) in [6, 6.07) is 0. The van der Waals surface area contributed by atoms with Crippen LogP contribution < -0.4 is 5.32 Å². The first-order valence-electron chi connectivity index (χ1n) is 3.43. The molecule has 2 heterocycles. The van der Waals surface area contributed by atoms with Crippen LogP contribution in [-0.2, 0) is 0 Å². The second kappa shape index (κ2) is 1.90. The normalized spacial score (nSPS) is 21.5. The molecule has 2 aliphatic rings. The van der Waals surface area contributed by atoms with Gasteiger partial charge < -0.3 is 10.2 Å². The van der Waals surface area contributed by atoms with E-state index in [1.54, 1.807) is 0 Å². The van der Waals surface area contributed by atoms with Crippen molar-refractivity contribution in [1.82, 2.24) is 10.2 Å². The van der Waals surface area contributed by atoms with Crippen molar-refractivity contribution in [3.05, 3.63) is 35.8 Å². The smallest absolute Gasteiger partial charge is 0.0916 e. The summed E-state index contributed by atoms with van der Waals surface area (Å²) in [7, 11) is 0. The molecule has 2 rings (SSSR count). The highest BCUT2D eigenvalue weighted by Gasteiger charge is 2.11. The molecule has 2 nitrogen and oxygen atoms in total. The number of fused-ring (bicyclic) bond motifs is 1. The summed E-state index contributed by atoms with van der Waals surface area (Å²) in [6.45, 7) is 3.02. The molecule has 0 spiro atoms. The van der Waals surface area contributed by atoms with Crippen LogP contribution in [0, 0.1) is 0 Å². The van der Waals surface area contributed by atoms with E-state index in [4.69, 9.17) is 0 Å². The van der Waals surface area contributed by atoms with Gasteiger partial charge in [0.05, 0.1) is 12.4 Å². The van der Waals surface area contributed by atoms with Crippen LogP contribution in [0.3, 0.4) is 0 Å². The predicted octanol–water partition coefficient (Wildman–Crippen LogP) is 1.16. The monoisotopic (exact) mass is 134 g/mol. The van der Waals surface area contributed by atoms with Crippen LogP contribution in [-0.4, -0.2) is 11.6 Å². The largest absolute Gasteiger partial charge is 0.372 e. The average molecular weight is 134 g/mol. The van der Waals surface area contributed by atoms with Crippen molar-refractivity contribution in [2.75, 3.05) is 6.67 Å². The van der Waals surface area contributed by atoms with Crippen molar-refractivity contribution in [3.63, 3.8) is 0 Å². The number of nitrogens with zero attached hydrogens (tertiary/aromatic N) is 1. The first kappa shape index (κ1) is 5.59. The second-order valence-electron chi connectivity index (χ2n) is 2.61. The van der Waals surface area contributed by atoms with E-state index in [0.29, 0.717) is 0 Å². The Kier molecular flexibility index (Phi) is 1.07. The van der Waals surface area contributed by atoms with Gasteiger partial charge in [-0.25, -0.2) is 0 Å². The maximum Gasteiger partial charge on any atom is 0.0916 e. The summed E-state index contributed by atoms with van der Waals surface area (Å²) in [4.78, 5) is 2.19. The first-order valence-corrected chi connectivity index (χ1v) is 3.43. The molecule has 0 saturated carbocycles. The fraction of sp³-hybridized carbons (Fsp3) is 0.250. The molecule has 0 atom stereocenters. The van der Waals surface area contributed by atoms with Crippen LogP contribution in [0.15, 0.2) is 35.8 Å². The van der Waals surface area contributed by atoms with Crippen LogP contribution in [0.1, 0.15) is 6.92 Å². The van der Waals surface area contributed by atoms with Gasteiger partial charge in [0, 0.05) is 12.4 Å². The molecule has 2 aliphatic heterocycles. The molecular weight excluding hydrogens is 124 g/mol. The predicted molar refractivity (Wildman–Crippen MR) is 40.8 cm³/mol. The summed E-state index contributed by atoms with van der Waals surface area (Å²) in [6.07, 6.45) is 8.41. The van der Waals surface area contributed by atoms with Gasteiger partial charge in [0.2, 0.25) is 0 Å². The summed E-state index contributed by atoms with van der Waals surface area (Å²) < 4.78 is 0. The van der Waals surface area contributed by atoms with E-state index in [2.05, 4.69) is 35.5 Å². The van der Waals surface area contributed by atoms with E-state index >= 15 is 0 Å². The Bertz CT molecular complexity index is 236. The van der Waals surface area contributed by atoms with Crippen LogP contribution >= 0.6 is 0 Å². The van der Waals surface area contributed by atoms with Gasteiger partial charge in [0.1, 0.15) is 0 Å². The Hall–Kier alpha value is -1.18. The van der Waals surface area contributed by atoms with Gasteiger partial charge in [-0.1, -0.05) is 6.08 Å². The number of allylic oxidation sites excluding steroid dienone is 3. The first-order chi connectivity index (χ1) is 4.86. The Morgan fingerprint density at radius 2 is 2.40 bits per heavy atom. The molecular formula is C8H10N2. The highest BCUT2D eigenvalue weighted by Crippen LogP contribution is 2.17. The quantitative estimate of drug-likeness (QED) is 0.535. The lowest BCUT2D eigenvalue weighted by molar-refractivity contribution is 0.494. The number of nitrogens with one attached hydrogen (secondary N) is 1. The standard InChI is InChI=1S/C8H10N2/c1-7-2-3-8-4-9-6-10(8)5-7/h2-5,9H,6H2,1H3. The maximum absolute atomic E-state index is 3.15. The van der Waals surface area contributed by atoms with E-state index in [1.165, 1.54) is 11.3 Å². The van der Waals surface area contributed by atoms with Crippen molar-refractivity contribution in [2.24, 2.45) is 0 Å². The summed E-state index contributed by atoms with van der Waals surface area (Å²) in [5.41, 5.74) is 2.56. The number of rotatable bonds is 0. The van der Waals surface area contributed by atoms with E-state index in [-0.39, 0.29) is 0 Å². The molecule has 0 aromatic heterocycles. The third-order valence-corrected chi connectivity index (χ3v) is 1.72. The van der Waals surface area contributed by atoms with Gasteiger partial charge in [0.25, 0.3) is 0 Å². The van der Waals surface area contributed by atoms with Crippen molar-refractivity contribution < 1.29 is 0 Å². The molecule has 52 valence electrons. The highest BCUT2D eigenvalue weighted by molar-refractivity contribution is 5.34. The van der Waals surface area contributed by atoms with Gasteiger partial charge in [-0.15, -0.1) is 0 Å². The van der Waals surface area contributed by atoms with Gasteiger partial charge in [-0.2, -0.15) is 0 Å². The van der Waals surface area contributed by atoms with E-state index in [1.807, 2.05) is 6.20 Å². The van der Waals surface area contributed by atoms with Crippen LogP contribution in [0.25, 0.3) is 0 Å². The van der Waals surface area contributed by atoms with Crippen molar-refractivity contribution in [2.45, 2.75) is 6.92 Å². The molecule has 0 aromatic carbocycles. The molecule has 0 amide bonds. The van der Waals surface area contributed by atoms with Gasteiger partial charge in [-0.3, -0.25) is 0 Å². The minimum absolute atomic E-state index is 0.914. The third kappa shape index (κ3) is 0.727. The molecule has 0 saturated heterocycles. The van der Waals surface area contributed by atoms with Gasteiger partial charge >= 0.3 is 0 Å². The van der Waals surface area contributed by atoms with Gasteiger partial charge in [0.15, 0.2) is 0 Å². The molecule has 0 radical (unpaired) electrons. The van der Waals surface area contributed by atoms with Crippen LogP contribution in [0.2, 0.25) is 0 Å². The molecule has 10 heavy (non-hydrogen) atoms. The summed E-state index contributed by atoms with van der Waals surface area (Å²) in [5, 5.41) is 3.15. The van der Waals surface area contributed by atoms with Crippen LogP contribution in [0.5, 0.6) is 0 Å².